The normalized spacial score (nSPS) is 14.4. The molecule has 2 heterocycles. The quantitative estimate of drug-likeness (QED) is 0.320. The van der Waals surface area contributed by atoms with Gasteiger partial charge in [0, 0.05) is 43.7 Å². The van der Waals surface area contributed by atoms with Crippen molar-refractivity contribution in [3.63, 3.8) is 0 Å². The largest absolute Gasteiger partial charge is 0.497 e. The molecular formula is C30H31N3O4S. The molecule has 0 atom stereocenters. The SMILES string of the molecule is COC(=O)c1c(-c2ccc(OC)cc2)csc1NC(=O)CN1CCN(Cc2cccc3ccccc23)CC1. The Bertz CT molecular complexity index is 1420. The highest BCUT2D eigenvalue weighted by atomic mass is 32.1. The van der Waals surface area contributed by atoms with Crippen molar-refractivity contribution in [1.82, 2.24) is 9.80 Å². The fraction of sp³-hybridized carbons (Fsp3) is 0.267. The van der Waals surface area contributed by atoms with Crippen LogP contribution < -0.4 is 10.1 Å². The van der Waals surface area contributed by atoms with Crippen molar-refractivity contribution in [2.24, 2.45) is 0 Å². The van der Waals surface area contributed by atoms with E-state index >= 15 is 0 Å². The van der Waals surface area contributed by atoms with E-state index in [9.17, 15) is 9.59 Å². The van der Waals surface area contributed by atoms with E-state index in [0.29, 0.717) is 10.6 Å². The standard InChI is InChI=1S/C30H31N3O4S/c1-36-24-12-10-22(11-13-24)26-20-38-29(28(26)30(35)37-2)31-27(34)19-33-16-14-32(15-17-33)18-23-8-5-7-21-6-3-4-9-25(21)23/h3-13,20H,14-19H2,1-2H3,(H,31,34). The van der Waals surface area contributed by atoms with Crippen LogP contribution in [0, 0.1) is 0 Å². The molecule has 1 amide bonds. The highest BCUT2D eigenvalue weighted by molar-refractivity contribution is 7.15. The van der Waals surface area contributed by atoms with Crippen LogP contribution in [-0.2, 0) is 16.1 Å². The van der Waals surface area contributed by atoms with E-state index in [1.165, 1.54) is 34.8 Å². The molecule has 196 valence electrons. The molecule has 1 N–H and O–H groups in total. The zero-order valence-corrected chi connectivity index (χ0v) is 22.4. The molecule has 0 unspecified atom stereocenters. The summed E-state index contributed by atoms with van der Waals surface area (Å²) in [5.74, 6) is 0.115. The second-order valence-electron chi connectivity index (χ2n) is 9.31. The lowest BCUT2D eigenvalue weighted by Crippen LogP contribution is -2.48. The number of carbonyl (C=O) groups is 2. The number of esters is 1. The first-order valence-corrected chi connectivity index (χ1v) is 13.5. The lowest BCUT2D eigenvalue weighted by molar-refractivity contribution is -0.117. The molecule has 8 heteroatoms. The maximum absolute atomic E-state index is 13.0. The van der Waals surface area contributed by atoms with Crippen LogP contribution in [0.1, 0.15) is 15.9 Å². The Balaban J connectivity index is 1.20. The first-order valence-electron chi connectivity index (χ1n) is 12.6. The van der Waals surface area contributed by atoms with Gasteiger partial charge in [-0.1, -0.05) is 54.6 Å². The number of nitrogens with zero attached hydrogens (tertiary/aromatic N) is 2. The van der Waals surface area contributed by atoms with Crippen molar-refractivity contribution in [3.05, 3.63) is 83.2 Å². The number of benzene rings is 3. The first kappa shape index (κ1) is 25.9. The van der Waals surface area contributed by atoms with Crippen LogP contribution in [0.3, 0.4) is 0 Å². The van der Waals surface area contributed by atoms with Crippen LogP contribution in [0.5, 0.6) is 5.75 Å². The van der Waals surface area contributed by atoms with Crippen LogP contribution in [-0.4, -0.2) is 68.6 Å². The number of thiophene rings is 1. The van der Waals surface area contributed by atoms with E-state index in [2.05, 4.69) is 57.6 Å². The zero-order valence-electron chi connectivity index (χ0n) is 21.6. The van der Waals surface area contributed by atoms with Crippen molar-refractivity contribution in [2.75, 3.05) is 52.3 Å². The molecule has 7 nitrogen and oxygen atoms in total. The Kier molecular flexibility index (Phi) is 8.03. The third kappa shape index (κ3) is 5.72. The summed E-state index contributed by atoms with van der Waals surface area (Å²) in [7, 11) is 2.96. The van der Waals surface area contributed by atoms with E-state index in [1.807, 2.05) is 29.6 Å². The van der Waals surface area contributed by atoms with E-state index in [1.54, 1.807) is 7.11 Å². The number of nitrogens with one attached hydrogen (secondary N) is 1. The van der Waals surface area contributed by atoms with Gasteiger partial charge in [0.2, 0.25) is 5.91 Å². The molecule has 1 aliphatic rings. The fourth-order valence-electron chi connectivity index (χ4n) is 4.88. The Morgan fingerprint density at radius 1 is 0.895 bits per heavy atom. The van der Waals surface area contributed by atoms with Gasteiger partial charge in [0.05, 0.1) is 20.8 Å². The number of methoxy groups -OCH3 is 2. The summed E-state index contributed by atoms with van der Waals surface area (Å²) in [5, 5.41) is 7.88. The van der Waals surface area contributed by atoms with E-state index in [0.717, 1.165) is 49.6 Å². The molecule has 1 aromatic heterocycles. The van der Waals surface area contributed by atoms with Gasteiger partial charge in [-0.2, -0.15) is 0 Å². The molecule has 1 fully saturated rings. The Morgan fingerprint density at radius 2 is 1.61 bits per heavy atom. The number of hydrogen-bond donors (Lipinski definition) is 1. The van der Waals surface area contributed by atoms with E-state index < -0.39 is 5.97 Å². The summed E-state index contributed by atoms with van der Waals surface area (Å²) in [6.07, 6.45) is 0. The summed E-state index contributed by atoms with van der Waals surface area (Å²) < 4.78 is 10.3. The van der Waals surface area contributed by atoms with Crippen molar-refractivity contribution in [1.29, 1.82) is 0 Å². The minimum Gasteiger partial charge on any atom is -0.497 e. The van der Waals surface area contributed by atoms with Crippen LogP contribution in [0.25, 0.3) is 21.9 Å². The zero-order chi connectivity index (χ0) is 26.5. The minimum atomic E-state index is -0.477. The number of rotatable bonds is 8. The highest BCUT2D eigenvalue weighted by Crippen LogP contribution is 2.36. The number of anilines is 1. The highest BCUT2D eigenvalue weighted by Gasteiger charge is 2.24. The average Bonchev–Trinajstić information content (AvgIpc) is 3.37. The number of carbonyl (C=O) groups excluding carboxylic acids is 2. The van der Waals surface area contributed by atoms with Gasteiger partial charge in [-0.3, -0.25) is 14.6 Å². The van der Waals surface area contributed by atoms with Gasteiger partial charge in [-0.05, 0) is 34.0 Å². The first-order chi connectivity index (χ1) is 18.6. The summed E-state index contributed by atoms with van der Waals surface area (Å²) >= 11 is 1.33. The van der Waals surface area contributed by atoms with Crippen molar-refractivity contribution >= 4 is 39.0 Å². The molecule has 5 rings (SSSR count). The van der Waals surface area contributed by atoms with Gasteiger partial charge in [0.15, 0.2) is 0 Å². The molecule has 0 radical (unpaired) electrons. The number of fused-ring (bicyclic) bond motifs is 1. The summed E-state index contributed by atoms with van der Waals surface area (Å²) in [5.41, 5.74) is 3.28. The smallest absolute Gasteiger partial charge is 0.341 e. The fourth-order valence-corrected chi connectivity index (χ4v) is 5.86. The lowest BCUT2D eigenvalue weighted by atomic mass is 10.0. The van der Waals surface area contributed by atoms with Crippen LogP contribution in [0.4, 0.5) is 5.00 Å². The van der Waals surface area contributed by atoms with Crippen molar-refractivity contribution in [2.45, 2.75) is 6.54 Å². The number of ether oxygens (including phenoxy) is 2. The average molecular weight is 530 g/mol. The van der Waals surface area contributed by atoms with E-state index in [-0.39, 0.29) is 12.5 Å². The second kappa shape index (κ2) is 11.8. The monoisotopic (exact) mass is 529 g/mol. The molecule has 0 bridgehead atoms. The molecule has 1 saturated heterocycles. The molecule has 0 aliphatic carbocycles. The van der Waals surface area contributed by atoms with Crippen molar-refractivity contribution < 1.29 is 19.1 Å². The third-order valence-corrected chi connectivity index (χ3v) is 7.84. The van der Waals surface area contributed by atoms with Crippen LogP contribution >= 0.6 is 11.3 Å². The third-order valence-electron chi connectivity index (χ3n) is 6.94. The topological polar surface area (TPSA) is 71.1 Å². The maximum Gasteiger partial charge on any atom is 0.341 e. The van der Waals surface area contributed by atoms with Gasteiger partial charge in [-0.15, -0.1) is 11.3 Å². The number of hydrogen-bond acceptors (Lipinski definition) is 7. The molecule has 3 aromatic carbocycles. The van der Waals surface area contributed by atoms with Gasteiger partial charge in [0.1, 0.15) is 16.3 Å². The second-order valence-corrected chi connectivity index (χ2v) is 10.2. The van der Waals surface area contributed by atoms with Crippen LogP contribution in [0.2, 0.25) is 0 Å². The molecular weight excluding hydrogens is 498 g/mol. The maximum atomic E-state index is 13.0. The minimum absolute atomic E-state index is 0.138. The predicted octanol–water partition coefficient (Wildman–Crippen LogP) is 5.12. The Labute approximate surface area is 226 Å². The van der Waals surface area contributed by atoms with Gasteiger partial charge >= 0.3 is 5.97 Å². The molecule has 0 spiro atoms. The Morgan fingerprint density at radius 3 is 2.34 bits per heavy atom. The molecule has 1 aliphatic heterocycles. The van der Waals surface area contributed by atoms with Gasteiger partial charge in [-0.25, -0.2) is 4.79 Å². The number of amides is 1. The molecule has 0 saturated carbocycles. The van der Waals surface area contributed by atoms with Gasteiger partial charge < -0.3 is 14.8 Å². The summed E-state index contributed by atoms with van der Waals surface area (Å²) in [4.78, 5) is 30.2. The molecule has 38 heavy (non-hydrogen) atoms. The summed E-state index contributed by atoms with van der Waals surface area (Å²) in [6.45, 7) is 4.58. The molecule has 4 aromatic rings. The number of piperazine rings is 1. The summed E-state index contributed by atoms with van der Waals surface area (Å²) in [6, 6.07) is 22.4. The Hall–Kier alpha value is -3.72. The van der Waals surface area contributed by atoms with E-state index in [4.69, 9.17) is 9.47 Å². The van der Waals surface area contributed by atoms with Crippen LogP contribution in [0.15, 0.2) is 72.1 Å². The predicted molar refractivity (Wildman–Crippen MR) is 152 cm³/mol. The van der Waals surface area contributed by atoms with Crippen molar-refractivity contribution in [3.8, 4) is 16.9 Å². The lowest BCUT2D eigenvalue weighted by Gasteiger charge is -2.34. The van der Waals surface area contributed by atoms with Gasteiger partial charge in [0.25, 0.3) is 0 Å².